The van der Waals surface area contributed by atoms with Crippen molar-refractivity contribution in [1.82, 2.24) is 5.32 Å². The van der Waals surface area contributed by atoms with Crippen LogP contribution in [0.4, 0.5) is 0 Å². The third-order valence-corrected chi connectivity index (χ3v) is 2.93. The second-order valence-corrected chi connectivity index (χ2v) is 4.73. The smallest absolute Gasteiger partial charge is 0.0730 e. The van der Waals surface area contributed by atoms with Crippen LogP contribution in [0.1, 0.15) is 25.8 Å². The Morgan fingerprint density at radius 3 is 2.47 bits per heavy atom. The summed E-state index contributed by atoms with van der Waals surface area (Å²) in [4.78, 5) is 0. The summed E-state index contributed by atoms with van der Waals surface area (Å²) in [5, 5.41) is 13.4. The molecule has 2 heteroatoms. The van der Waals surface area contributed by atoms with Gasteiger partial charge in [0.05, 0.1) is 6.10 Å². The first kappa shape index (κ1) is 13.9. The highest BCUT2D eigenvalue weighted by Gasteiger charge is 2.20. The van der Waals surface area contributed by atoms with Crippen LogP contribution in [0.5, 0.6) is 0 Å². The number of hydrogen-bond acceptors (Lipinski definition) is 2. The first-order chi connectivity index (χ1) is 8.15. The molecule has 17 heavy (non-hydrogen) atoms. The molecule has 1 rings (SSSR count). The van der Waals surface area contributed by atoms with Gasteiger partial charge in [0.2, 0.25) is 0 Å². The minimum Gasteiger partial charge on any atom is -0.391 e. The number of aliphatic hydroxyl groups excluding tert-OH is 1. The van der Waals surface area contributed by atoms with E-state index < -0.39 is 0 Å². The number of aliphatic hydroxyl groups is 1. The van der Waals surface area contributed by atoms with E-state index in [-0.39, 0.29) is 12.1 Å². The number of rotatable bonds is 7. The standard InChI is InChI=1S/C15H23NO/c1-4-8-14(17)15(12(2)3)16-11-13-9-6-5-7-10-13/h4-7,9-10,12,14-17H,1,8,11H2,2-3H3/t14-,15+/m1/s1. The van der Waals surface area contributed by atoms with Crippen LogP contribution in [0.15, 0.2) is 43.0 Å². The lowest BCUT2D eigenvalue weighted by atomic mass is 9.96. The van der Waals surface area contributed by atoms with E-state index >= 15 is 0 Å². The third kappa shape index (κ3) is 4.72. The maximum atomic E-state index is 10.0. The molecule has 94 valence electrons. The Morgan fingerprint density at radius 1 is 1.29 bits per heavy atom. The molecule has 0 spiro atoms. The fraction of sp³-hybridized carbons (Fsp3) is 0.467. The van der Waals surface area contributed by atoms with Crippen LogP contribution in [-0.2, 0) is 6.54 Å². The highest BCUT2D eigenvalue weighted by Crippen LogP contribution is 2.11. The minimum atomic E-state index is -0.365. The van der Waals surface area contributed by atoms with Crippen LogP contribution in [0, 0.1) is 5.92 Å². The Morgan fingerprint density at radius 2 is 1.94 bits per heavy atom. The van der Waals surface area contributed by atoms with E-state index in [9.17, 15) is 5.11 Å². The minimum absolute atomic E-state index is 0.105. The summed E-state index contributed by atoms with van der Waals surface area (Å²) in [7, 11) is 0. The van der Waals surface area contributed by atoms with E-state index in [4.69, 9.17) is 0 Å². The largest absolute Gasteiger partial charge is 0.391 e. The average Bonchev–Trinajstić information content (AvgIpc) is 2.30. The molecule has 1 aromatic rings. The average molecular weight is 233 g/mol. The lowest BCUT2D eigenvalue weighted by Crippen LogP contribution is -2.43. The van der Waals surface area contributed by atoms with E-state index in [1.54, 1.807) is 6.08 Å². The maximum absolute atomic E-state index is 10.0. The van der Waals surface area contributed by atoms with E-state index in [0.717, 1.165) is 6.54 Å². The number of benzene rings is 1. The first-order valence-corrected chi connectivity index (χ1v) is 6.21. The zero-order valence-electron chi connectivity index (χ0n) is 10.8. The Labute approximate surface area is 104 Å². The van der Waals surface area contributed by atoms with Crippen molar-refractivity contribution in [2.45, 2.75) is 39.0 Å². The molecule has 0 unspecified atom stereocenters. The summed E-state index contributed by atoms with van der Waals surface area (Å²) in [6.07, 6.45) is 2.03. The Bertz CT molecular complexity index is 321. The van der Waals surface area contributed by atoms with Gasteiger partial charge in [-0.3, -0.25) is 0 Å². The molecule has 0 aliphatic rings. The van der Waals surface area contributed by atoms with Crippen LogP contribution >= 0.6 is 0 Å². The molecule has 0 fully saturated rings. The molecule has 0 saturated heterocycles. The molecule has 1 aromatic carbocycles. The van der Waals surface area contributed by atoms with Gasteiger partial charge >= 0.3 is 0 Å². The summed E-state index contributed by atoms with van der Waals surface area (Å²) in [5.74, 6) is 0.397. The molecule has 2 nitrogen and oxygen atoms in total. The SMILES string of the molecule is C=CC[C@@H](O)[C@@H](NCc1ccccc1)C(C)C. The third-order valence-electron chi connectivity index (χ3n) is 2.93. The zero-order chi connectivity index (χ0) is 12.7. The predicted octanol–water partition coefficient (Wildman–Crippen LogP) is 2.74. The fourth-order valence-electron chi connectivity index (χ4n) is 1.96. The molecule has 2 atom stereocenters. The highest BCUT2D eigenvalue weighted by molar-refractivity contribution is 5.14. The van der Waals surface area contributed by atoms with Gasteiger partial charge in [0.25, 0.3) is 0 Å². The summed E-state index contributed by atoms with van der Waals surface area (Å²) in [5.41, 5.74) is 1.24. The van der Waals surface area contributed by atoms with Gasteiger partial charge in [-0.15, -0.1) is 6.58 Å². The summed E-state index contributed by atoms with van der Waals surface area (Å²) in [6, 6.07) is 10.3. The van der Waals surface area contributed by atoms with Crippen molar-refractivity contribution in [1.29, 1.82) is 0 Å². The first-order valence-electron chi connectivity index (χ1n) is 6.21. The lowest BCUT2D eigenvalue weighted by Gasteiger charge is -2.27. The van der Waals surface area contributed by atoms with Gasteiger partial charge < -0.3 is 10.4 Å². The number of nitrogens with one attached hydrogen (secondary N) is 1. The summed E-state index contributed by atoms with van der Waals surface area (Å²) < 4.78 is 0. The molecule has 0 aliphatic carbocycles. The molecule has 0 aliphatic heterocycles. The highest BCUT2D eigenvalue weighted by atomic mass is 16.3. The normalized spacial score (nSPS) is 14.6. The van der Waals surface area contributed by atoms with Gasteiger partial charge in [-0.2, -0.15) is 0 Å². The van der Waals surface area contributed by atoms with Crippen LogP contribution in [0.2, 0.25) is 0 Å². The quantitative estimate of drug-likeness (QED) is 0.710. The van der Waals surface area contributed by atoms with Crippen molar-refractivity contribution in [3.8, 4) is 0 Å². The monoisotopic (exact) mass is 233 g/mol. The predicted molar refractivity (Wildman–Crippen MR) is 72.7 cm³/mol. The number of hydrogen-bond donors (Lipinski definition) is 2. The van der Waals surface area contributed by atoms with Crippen molar-refractivity contribution >= 4 is 0 Å². The van der Waals surface area contributed by atoms with E-state index in [1.165, 1.54) is 5.56 Å². The van der Waals surface area contributed by atoms with Gasteiger partial charge in [0.15, 0.2) is 0 Å². The van der Waals surface area contributed by atoms with Crippen LogP contribution in [-0.4, -0.2) is 17.3 Å². The van der Waals surface area contributed by atoms with Crippen LogP contribution < -0.4 is 5.32 Å². The zero-order valence-corrected chi connectivity index (χ0v) is 10.8. The molecule has 2 N–H and O–H groups in total. The molecule has 0 heterocycles. The van der Waals surface area contributed by atoms with Gasteiger partial charge in [0, 0.05) is 12.6 Å². The topological polar surface area (TPSA) is 32.3 Å². The van der Waals surface area contributed by atoms with Gasteiger partial charge in [-0.25, -0.2) is 0 Å². The van der Waals surface area contributed by atoms with Gasteiger partial charge in [-0.05, 0) is 17.9 Å². The second kappa shape index (κ2) is 7.25. The van der Waals surface area contributed by atoms with Crippen molar-refractivity contribution in [3.63, 3.8) is 0 Å². The molecule has 0 bridgehead atoms. The Kier molecular flexibility index (Phi) is 5.95. The summed E-state index contributed by atoms with van der Waals surface area (Å²) >= 11 is 0. The maximum Gasteiger partial charge on any atom is 0.0730 e. The van der Waals surface area contributed by atoms with Crippen molar-refractivity contribution in [2.75, 3.05) is 0 Å². The molecule has 0 aromatic heterocycles. The van der Waals surface area contributed by atoms with Gasteiger partial charge in [0.1, 0.15) is 0 Å². The lowest BCUT2D eigenvalue weighted by molar-refractivity contribution is 0.106. The molecular formula is C15H23NO. The van der Waals surface area contributed by atoms with E-state index in [1.807, 2.05) is 18.2 Å². The molecule has 0 saturated carbocycles. The van der Waals surface area contributed by atoms with Crippen molar-refractivity contribution in [2.24, 2.45) is 5.92 Å². The van der Waals surface area contributed by atoms with Crippen molar-refractivity contribution in [3.05, 3.63) is 48.6 Å². The van der Waals surface area contributed by atoms with Crippen LogP contribution in [0.25, 0.3) is 0 Å². The molecule has 0 amide bonds. The second-order valence-electron chi connectivity index (χ2n) is 4.73. The van der Waals surface area contributed by atoms with E-state index in [2.05, 4.69) is 37.9 Å². The van der Waals surface area contributed by atoms with Crippen molar-refractivity contribution < 1.29 is 5.11 Å². The van der Waals surface area contributed by atoms with Gasteiger partial charge in [-0.1, -0.05) is 50.3 Å². The summed E-state index contributed by atoms with van der Waals surface area (Å²) in [6.45, 7) is 8.70. The molecule has 0 radical (unpaired) electrons. The van der Waals surface area contributed by atoms with Crippen LogP contribution in [0.3, 0.4) is 0 Å². The molecular weight excluding hydrogens is 210 g/mol. The van der Waals surface area contributed by atoms with E-state index in [0.29, 0.717) is 12.3 Å². The Balaban J connectivity index is 2.53. The Hall–Kier alpha value is -1.12. The fourth-order valence-corrected chi connectivity index (χ4v) is 1.96.